The molecule has 1 aliphatic rings. The van der Waals surface area contributed by atoms with Crippen LogP contribution in [0.1, 0.15) is 37.7 Å². The van der Waals surface area contributed by atoms with Gasteiger partial charge < -0.3 is 15.5 Å². The van der Waals surface area contributed by atoms with Gasteiger partial charge in [-0.15, -0.1) is 0 Å². The van der Waals surface area contributed by atoms with Crippen molar-refractivity contribution in [3.63, 3.8) is 0 Å². The number of aliphatic hydroxyl groups is 1. The molecule has 0 bridgehead atoms. The van der Waals surface area contributed by atoms with Crippen LogP contribution in [0.4, 0.5) is 0 Å². The van der Waals surface area contributed by atoms with Crippen molar-refractivity contribution in [2.75, 3.05) is 13.2 Å². The van der Waals surface area contributed by atoms with E-state index in [1.165, 1.54) is 19.3 Å². The van der Waals surface area contributed by atoms with E-state index in [2.05, 4.69) is 5.32 Å². The van der Waals surface area contributed by atoms with Gasteiger partial charge in [-0.3, -0.25) is 0 Å². The van der Waals surface area contributed by atoms with Gasteiger partial charge in [0.05, 0.1) is 0 Å². The zero-order chi connectivity index (χ0) is 13.7. The topological polar surface area (TPSA) is 52.5 Å². The highest BCUT2D eigenvalue weighted by molar-refractivity contribution is 6.31. The van der Waals surface area contributed by atoms with Gasteiger partial charge in [0.1, 0.15) is 5.75 Å². The molecular weight excluding hydrogens is 262 g/mol. The first kappa shape index (κ1) is 14.6. The molecule has 1 saturated carbocycles. The summed E-state index contributed by atoms with van der Waals surface area (Å²) in [5, 5.41) is 23.3. The summed E-state index contributed by atoms with van der Waals surface area (Å²) in [6, 6.07) is 5.16. The molecule has 1 aliphatic carbocycles. The first-order chi connectivity index (χ1) is 9.17. The van der Waals surface area contributed by atoms with E-state index in [9.17, 15) is 10.2 Å². The van der Waals surface area contributed by atoms with Gasteiger partial charge >= 0.3 is 0 Å². The average molecular weight is 284 g/mol. The number of halogens is 1. The Morgan fingerprint density at radius 1 is 1.21 bits per heavy atom. The lowest BCUT2D eigenvalue weighted by Crippen LogP contribution is -2.38. The average Bonchev–Trinajstić information content (AvgIpc) is 2.43. The molecule has 3 N–H and O–H groups in total. The number of hydrogen-bond acceptors (Lipinski definition) is 3. The van der Waals surface area contributed by atoms with Crippen molar-refractivity contribution in [3.05, 3.63) is 28.8 Å². The molecule has 0 radical (unpaired) electrons. The number of hydrogen-bond donors (Lipinski definition) is 3. The number of aromatic hydroxyl groups is 1. The molecule has 4 heteroatoms. The molecule has 0 atom stereocenters. The quantitative estimate of drug-likeness (QED) is 0.778. The second-order valence-electron chi connectivity index (χ2n) is 5.56. The van der Waals surface area contributed by atoms with Gasteiger partial charge in [0.15, 0.2) is 0 Å². The molecule has 1 aromatic rings. The number of phenols is 1. The largest absolute Gasteiger partial charge is 0.508 e. The molecule has 3 nitrogen and oxygen atoms in total. The molecule has 0 amide bonds. The molecule has 2 rings (SSSR count). The minimum Gasteiger partial charge on any atom is -0.508 e. The first-order valence-electron chi connectivity index (χ1n) is 6.95. The highest BCUT2D eigenvalue weighted by Crippen LogP contribution is 2.35. The third-order valence-corrected chi connectivity index (χ3v) is 4.50. The molecule has 0 aromatic heterocycles. The normalized spacial score (nSPS) is 18.4. The Morgan fingerprint density at radius 3 is 2.58 bits per heavy atom. The third-order valence-electron chi connectivity index (χ3n) is 4.15. The van der Waals surface area contributed by atoms with Gasteiger partial charge in [-0.05, 0) is 25.0 Å². The predicted molar refractivity (Wildman–Crippen MR) is 77.4 cm³/mol. The van der Waals surface area contributed by atoms with Crippen LogP contribution in [-0.4, -0.2) is 23.4 Å². The van der Waals surface area contributed by atoms with E-state index in [1.54, 1.807) is 18.2 Å². The Kier molecular flexibility index (Phi) is 5.08. The minimum atomic E-state index is 0.00905. The standard InChI is InChI=1S/C15H22ClNO2/c16-13-5-4-6-14(19)12(13)9-17-10-15(11-18)7-2-1-3-8-15/h4-6,17-19H,1-3,7-11H2. The van der Waals surface area contributed by atoms with Crippen molar-refractivity contribution < 1.29 is 10.2 Å². The summed E-state index contributed by atoms with van der Waals surface area (Å²) in [5.74, 6) is 0.224. The fourth-order valence-corrected chi connectivity index (χ4v) is 3.10. The van der Waals surface area contributed by atoms with E-state index >= 15 is 0 Å². The smallest absolute Gasteiger partial charge is 0.121 e. The van der Waals surface area contributed by atoms with E-state index in [-0.39, 0.29) is 17.8 Å². The summed E-state index contributed by atoms with van der Waals surface area (Å²) in [4.78, 5) is 0. The highest BCUT2D eigenvalue weighted by atomic mass is 35.5. The van der Waals surface area contributed by atoms with Gasteiger partial charge in [0.25, 0.3) is 0 Å². The van der Waals surface area contributed by atoms with Crippen LogP contribution in [-0.2, 0) is 6.54 Å². The van der Waals surface area contributed by atoms with Crippen molar-refractivity contribution in [2.45, 2.75) is 38.6 Å². The lowest BCUT2D eigenvalue weighted by atomic mass is 9.74. The zero-order valence-electron chi connectivity index (χ0n) is 11.2. The number of phenolic OH excluding ortho intramolecular Hbond substituents is 1. The molecule has 0 aliphatic heterocycles. The molecule has 1 fully saturated rings. The summed E-state index contributed by atoms with van der Waals surface area (Å²) in [6.45, 7) is 1.54. The van der Waals surface area contributed by atoms with Crippen LogP contribution < -0.4 is 5.32 Å². The van der Waals surface area contributed by atoms with Crippen molar-refractivity contribution in [2.24, 2.45) is 5.41 Å². The second kappa shape index (κ2) is 6.60. The molecular formula is C15H22ClNO2. The molecule has 0 heterocycles. The lowest BCUT2D eigenvalue weighted by Gasteiger charge is -2.35. The van der Waals surface area contributed by atoms with Crippen LogP contribution in [0.3, 0.4) is 0 Å². The highest BCUT2D eigenvalue weighted by Gasteiger charge is 2.30. The van der Waals surface area contributed by atoms with E-state index in [0.717, 1.165) is 24.9 Å². The molecule has 1 aromatic carbocycles. The van der Waals surface area contributed by atoms with Gasteiger partial charge in [0, 0.05) is 35.7 Å². The maximum Gasteiger partial charge on any atom is 0.121 e. The third kappa shape index (κ3) is 3.62. The molecule has 19 heavy (non-hydrogen) atoms. The molecule has 0 unspecified atom stereocenters. The molecule has 0 saturated heterocycles. The van der Waals surface area contributed by atoms with Gasteiger partial charge in [-0.1, -0.05) is 36.9 Å². The Bertz CT molecular complexity index is 396. The minimum absolute atomic E-state index is 0.00905. The summed E-state index contributed by atoms with van der Waals surface area (Å²) in [6.07, 6.45) is 5.81. The van der Waals surface area contributed by atoms with E-state index in [1.807, 2.05) is 0 Å². The van der Waals surface area contributed by atoms with E-state index in [4.69, 9.17) is 11.6 Å². The van der Waals surface area contributed by atoms with Gasteiger partial charge in [0.2, 0.25) is 0 Å². The van der Waals surface area contributed by atoms with Crippen molar-refractivity contribution in [1.29, 1.82) is 0 Å². The SMILES string of the molecule is OCC1(CNCc2c(O)cccc2Cl)CCCCC1. The van der Waals surface area contributed by atoms with Crippen molar-refractivity contribution in [3.8, 4) is 5.75 Å². The first-order valence-corrected chi connectivity index (χ1v) is 7.33. The molecule has 0 spiro atoms. The number of nitrogens with one attached hydrogen (secondary N) is 1. The van der Waals surface area contributed by atoms with Crippen LogP contribution in [0.5, 0.6) is 5.75 Å². The molecule has 106 valence electrons. The van der Waals surface area contributed by atoms with Crippen LogP contribution in [0.25, 0.3) is 0 Å². The fraction of sp³-hybridized carbons (Fsp3) is 0.600. The predicted octanol–water partition coefficient (Wildman–Crippen LogP) is 3.08. The van der Waals surface area contributed by atoms with Gasteiger partial charge in [-0.25, -0.2) is 0 Å². The maximum absolute atomic E-state index is 9.78. The van der Waals surface area contributed by atoms with Gasteiger partial charge in [-0.2, -0.15) is 0 Å². The fourth-order valence-electron chi connectivity index (χ4n) is 2.87. The van der Waals surface area contributed by atoms with Crippen molar-refractivity contribution in [1.82, 2.24) is 5.32 Å². The summed E-state index contributed by atoms with van der Waals surface area (Å²) in [5.41, 5.74) is 0.739. The van der Waals surface area contributed by atoms with Crippen LogP contribution in [0, 0.1) is 5.41 Å². The second-order valence-corrected chi connectivity index (χ2v) is 5.97. The Hall–Kier alpha value is -0.770. The zero-order valence-corrected chi connectivity index (χ0v) is 11.9. The summed E-state index contributed by atoms with van der Waals surface area (Å²) >= 11 is 6.07. The Labute approximate surface area is 119 Å². The Balaban J connectivity index is 1.92. The Morgan fingerprint density at radius 2 is 1.95 bits per heavy atom. The van der Waals surface area contributed by atoms with E-state index in [0.29, 0.717) is 11.6 Å². The van der Waals surface area contributed by atoms with Crippen LogP contribution >= 0.6 is 11.6 Å². The van der Waals surface area contributed by atoms with E-state index < -0.39 is 0 Å². The number of aliphatic hydroxyl groups excluding tert-OH is 1. The lowest BCUT2D eigenvalue weighted by molar-refractivity contribution is 0.0810. The number of benzene rings is 1. The van der Waals surface area contributed by atoms with Crippen LogP contribution in [0.15, 0.2) is 18.2 Å². The summed E-state index contributed by atoms with van der Waals surface area (Å²) < 4.78 is 0. The maximum atomic E-state index is 9.78. The van der Waals surface area contributed by atoms with Crippen molar-refractivity contribution >= 4 is 11.6 Å². The number of rotatable bonds is 5. The summed E-state index contributed by atoms with van der Waals surface area (Å²) in [7, 11) is 0. The monoisotopic (exact) mass is 283 g/mol. The van der Waals surface area contributed by atoms with Crippen LogP contribution in [0.2, 0.25) is 5.02 Å².